The second-order valence-corrected chi connectivity index (χ2v) is 4.22. The van der Waals surface area contributed by atoms with Gasteiger partial charge in [-0.15, -0.1) is 0 Å². The number of hydrogen-bond acceptors (Lipinski definition) is 3. The summed E-state index contributed by atoms with van der Waals surface area (Å²) in [6.07, 6.45) is 0.819. The first-order valence-corrected chi connectivity index (χ1v) is 6.45. The molecule has 4 nitrogen and oxygen atoms in total. The third kappa shape index (κ3) is 2.52. The molecule has 1 aromatic carbocycles. The Morgan fingerprint density at radius 1 is 1.32 bits per heavy atom. The SMILES string of the molecule is CCc1cc(C(=O)c2ccccc2OC)n(CC)n1. The highest BCUT2D eigenvalue weighted by atomic mass is 16.5. The number of para-hydroxylation sites is 1. The lowest BCUT2D eigenvalue weighted by Gasteiger charge is -2.08. The van der Waals surface area contributed by atoms with Crippen molar-refractivity contribution in [2.24, 2.45) is 0 Å². The molecular weight excluding hydrogens is 240 g/mol. The number of carbonyl (C=O) groups excluding carboxylic acids is 1. The van der Waals surface area contributed by atoms with Crippen molar-refractivity contribution in [3.63, 3.8) is 0 Å². The third-order valence-electron chi connectivity index (χ3n) is 3.08. The molecule has 2 aromatic rings. The van der Waals surface area contributed by atoms with Gasteiger partial charge in [0.25, 0.3) is 0 Å². The van der Waals surface area contributed by atoms with E-state index in [1.807, 2.05) is 32.0 Å². The number of nitrogens with zero attached hydrogens (tertiary/aromatic N) is 2. The molecule has 0 radical (unpaired) electrons. The second-order valence-electron chi connectivity index (χ2n) is 4.22. The number of methoxy groups -OCH3 is 1. The lowest BCUT2D eigenvalue weighted by molar-refractivity contribution is 0.102. The highest BCUT2D eigenvalue weighted by Crippen LogP contribution is 2.21. The summed E-state index contributed by atoms with van der Waals surface area (Å²) >= 11 is 0. The average Bonchev–Trinajstić information content (AvgIpc) is 2.89. The number of ether oxygens (including phenoxy) is 1. The first kappa shape index (κ1) is 13.3. The molecular formula is C15H18N2O2. The number of carbonyl (C=O) groups is 1. The Labute approximate surface area is 113 Å². The molecule has 0 spiro atoms. The first-order chi connectivity index (χ1) is 9.21. The monoisotopic (exact) mass is 258 g/mol. The number of benzene rings is 1. The molecule has 0 N–H and O–H groups in total. The molecule has 0 amide bonds. The van der Waals surface area contributed by atoms with Gasteiger partial charge in [-0.05, 0) is 31.5 Å². The second kappa shape index (κ2) is 5.69. The van der Waals surface area contributed by atoms with Crippen molar-refractivity contribution in [3.05, 3.63) is 47.3 Å². The van der Waals surface area contributed by atoms with Crippen molar-refractivity contribution < 1.29 is 9.53 Å². The van der Waals surface area contributed by atoms with Crippen LogP contribution in [0.5, 0.6) is 5.75 Å². The van der Waals surface area contributed by atoms with E-state index >= 15 is 0 Å². The fraction of sp³-hybridized carbons (Fsp3) is 0.333. The van der Waals surface area contributed by atoms with Crippen LogP contribution in [0.25, 0.3) is 0 Å². The standard InChI is InChI=1S/C15H18N2O2/c1-4-11-10-13(17(5-2)16-11)15(18)12-8-6-7-9-14(12)19-3/h6-10H,4-5H2,1-3H3. The van der Waals surface area contributed by atoms with Gasteiger partial charge in [-0.2, -0.15) is 5.10 Å². The Hall–Kier alpha value is -2.10. The summed E-state index contributed by atoms with van der Waals surface area (Å²) in [6, 6.07) is 9.12. The molecule has 0 aliphatic heterocycles. The highest BCUT2D eigenvalue weighted by molar-refractivity contribution is 6.09. The molecule has 1 aromatic heterocycles. The van der Waals surface area contributed by atoms with Crippen LogP contribution in [0.2, 0.25) is 0 Å². The van der Waals surface area contributed by atoms with Crippen LogP contribution in [0.3, 0.4) is 0 Å². The van der Waals surface area contributed by atoms with Gasteiger partial charge in [0.15, 0.2) is 0 Å². The molecule has 100 valence electrons. The van der Waals surface area contributed by atoms with Crippen molar-refractivity contribution in [3.8, 4) is 5.75 Å². The lowest BCUT2D eigenvalue weighted by Crippen LogP contribution is -2.11. The summed E-state index contributed by atoms with van der Waals surface area (Å²) in [5.74, 6) is 0.543. The number of rotatable bonds is 5. The van der Waals surface area contributed by atoms with Crippen LogP contribution in [0.15, 0.2) is 30.3 Å². The lowest BCUT2D eigenvalue weighted by atomic mass is 10.1. The topological polar surface area (TPSA) is 44.1 Å². The molecule has 1 heterocycles. The van der Waals surface area contributed by atoms with Gasteiger partial charge in [0.1, 0.15) is 11.4 Å². The molecule has 0 saturated heterocycles. The molecule has 19 heavy (non-hydrogen) atoms. The van der Waals surface area contributed by atoms with Crippen molar-refractivity contribution in [2.75, 3.05) is 7.11 Å². The van der Waals surface area contributed by atoms with Crippen molar-refractivity contribution >= 4 is 5.78 Å². The van der Waals surface area contributed by atoms with E-state index in [1.165, 1.54) is 0 Å². The van der Waals surface area contributed by atoms with Crippen LogP contribution in [-0.2, 0) is 13.0 Å². The molecule has 0 bridgehead atoms. The maximum absolute atomic E-state index is 12.6. The fourth-order valence-electron chi connectivity index (χ4n) is 2.04. The zero-order chi connectivity index (χ0) is 13.8. The van der Waals surface area contributed by atoms with Gasteiger partial charge < -0.3 is 4.74 Å². The van der Waals surface area contributed by atoms with Gasteiger partial charge in [-0.25, -0.2) is 0 Å². The van der Waals surface area contributed by atoms with Crippen LogP contribution < -0.4 is 4.74 Å². The summed E-state index contributed by atoms with van der Waals surface area (Å²) in [5, 5.41) is 4.40. The molecule has 4 heteroatoms. The molecule has 0 aliphatic carbocycles. The number of hydrogen-bond donors (Lipinski definition) is 0. The number of aromatic nitrogens is 2. The van der Waals surface area contributed by atoms with Gasteiger partial charge in [-0.3, -0.25) is 9.48 Å². The molecule has 0 unspecified atom stereocenters. The largest absolute Gasteiger partial charge is 0.496 e. The molecule has 2 rings (SSSR count). The Morgan fingerprint density at radius 3 is 2.68 bits per heavy atom. The number of aryl methyl sites for hydroxylation is 2. The van der Waals surface area contributed by atoms with E-state index in [-0.39, 0.29) is 5.78 Å². The van der Waals surface area contributed by atoms with Crippen LogP contribution in [0.4, 0.5) is 0 Å². The van der Waals surface area contributed by atoms with Crippen molar-refractivity contribution in [2.45, 2.75) is 26.8 Å². The maximum atomic E-state index is 12.6. The molecule has 0 aliphatic rings. The Balaban J connectivity index is 2.46. The Morgan fingerprint density at radius 2 is 2.05 bits per heavy atom. The molecule has 0 fully saturated rings. The zero-order valence-corrected chi connectivity index (χ0v) is 11.5. The minimum absolute atomic E-state index is 0.0495. The van der Waals surface area contributed by atoms with Gasteiger partial charge in [0.05, 0.1) is 18.4 Å². The van der Waals surface area contributed by atoms with E-state index in [9.17, 15) is 4.79 Å². The van der Waals surface area contributed by atoms with Gasteiger partial charge in [-0.1, -0.05) is 19.1 Å². The van der Waals surface area contributed by atoms with Gasteiger partial charge >= 0.3 is 0 Å². The smallest absolute Gasteiger partial charge is 0.214 e. The van der Waals surface area contributed by atoms with E-state index in [0.717, 1.165) is 12.1 Å². The predicted molar refractivity (Wildman–Crippen MR) is 73.7 cm³/mol. The van der Waals surface area contributed by atoms with E-state index in [4.69, 9.17) is 4.74 Å². The molecule has 0 atom stereocenters. The summed E-state index contributed by atoms with van der Waals surface area (Å²) in [7, 11) is 1.57. The van der Waals surface area contributed by atoms with Crippen molar-refractivity contribution in [1.82, 2.24) is 9.78 Å². The van der Waals surface area contributed by atoms with Crippen molar-refractivity contribution in [1.29, 1.82) is 0 Å². The van der Waals surface area contributed by atoms with Crippen LogP contribution in [0, 0.1) is 0 Å². The maximum Gasteiger partial charge on any atom is 0.214 e. The summed E-state index contributed by atoms with van der Waals surface area (Å²) in [5.41, 5.74) is 2.12. The van der Waals surface area contributed by atoms with E-state index in [2.05, 4.69) is 5.10 Å². The third-order valence-corrected chi connectivity index (χ3v) is 3.08. The van der Waals surface area contributed by atoms with Crippen LogP contribution >= 0.6 is 0 Å². The quantitative estimate of drug-likeness (QED) is 0.774. The predicted octanol–water partition coefficient (Wildman–Crippen LogP) is 2.71. The Kier molecular flexibility index (Phi) is 4.00. The van der Waals surface area contributed by atoms with E-state index < -0.39 is 0 Å². The fourth-order valence-corrected chi connectivity index (χ4v) is 2.04. The van der Waals surface area contributed by atoms with Crippen LogP contribution in [-0.4, -0.2) is 22.7 Å². The van der Waals surface area contributed by atoms with Crippen LogP contribution in [0.1, 0.15) is 35.6 Å². The van der Waals surface area contributed by atoms with E-state index in [0.29, 0.717) is 23.6 Å². The summed E-state index contributed by atoms with van der Waals surface area (Å²) in [4.78, 5) is 12.6. The number of ketones is 1. The zero-order valence-electron chi connectivity index (χ0n) is 11.5. The first-order valence-electron chi connectivity index (χ1n) is 6.45. The minimum Gasteiger partial charge on any atom is -0.496 e. The van der Waals surface area contributed by atoms with Gasteiger partial charge in [0, 0.05) is 6.54 Å². The van der Waals surface area contributed by atoms with E-state index in [1.54, 1.807) is 23.9 Å². The summed E-state index contributed by atoms with van der Waals surface area (Å²) in [6.45, 7) is 4.68. The minimum atomic E-state index is -0.0495. The van der Waals surface area contributed by atoms with Gasteiger partial charge in [0.2, 0.25) is 5.78 Å². The summed E-state index contributed by atoms with van der Waals surface area (Å²) < 4.78 is 6.99. The highest BCUT2D eigenvalue weighted by Gasteiger charge is 2.18. The normalized spacial score (nSPS) is 10.5. The average molecular weight is 258 g/mol. The Bertz CT molecular complexity index is 588. The molecule has 0 saturated carbocycles.